The largest absolute Gasteiger partial charge is 0.497 e. The fraction of sp³-hybridized carbons (Fsp3) is 0.278. The van der Waals surface area contributed by atoms with Gasteiger partial charge in [0, 0.05) is 23.4 Å². The lowest BCUT2D eigenvalue weighted by Crippen LogP contribution is -2.07. The molecular formula is C18H20N6O. The van der Waals surface area contributed by atoms with Gasteiger partial charge in [0.1, 0.15) is 17.4 Å². The van der Waals surface area contributed by atoms with Crippen LogP contribution in [0.25, 0.3) is 16.7 Å². The molecule has 0 unspecified atom stereocenters. The number of anilines is 1. The van der Waals surface area contributed by atoms with Crippen LogP contribution >= 0.6 is 0 Å². The minimum Gasteiger partial charge on any atom is -0.497 e. The van der Waals surface area contributed by atoms with Gasteiger partial charge in [0.2, 0.25) is 0 Å². The van der Waals surface area contributed by atoms with Crippen LogP contribution < -0.4 is 10.1 Å². The topological polar surface area (TPSA) is 80.1 Å². The van der Waals surface area contributed by atoms with E-state index in [4.69, 9.17) is 4.74 Å². The monoisotopic (exact) mass is 336 g/mol. The Kier molecular flexibility index (Phi) is 3.56. The van der Waals surface area contributed by atoms with E-state index in [2.05, 4.69) is 25.4 Å². The van der Waals surface area contributed by atoms with Crippen LogP contribution in [0.3, 0.4) is 0 Å². The second-order valence-corrected chi connectivity index (χ2v) is 6.15. The van der Waals surface area contributed by atoms with E-state index in [9.17, 15) is 0 Å². The normalized spacial score (nSPS) is 11.4. The van der Waals surface area contributed by atoms with Crippen molar-refractivity contribution in [2.45, 2.75) is 27.3 Å². The number of nitrogens with zero attached hydrogens (tertiary/aromatic N) is 4. The van der Waals surface area contributed by atoms with Gasteiger partial charge >= 0.3 is 0 Å². The Morgan fingerprint density at radius 2 is 2.00 bits per heavy atom. The van der Waals surface area contributed by atoms with Gasteiger partial charge in [-0.05, 0) is 32.9 Å². The zero-order valence-electron chi connectivity index (χ0n) is 14.7. The summed E-state index contributed by atoms with van der Waals surface area (Å²) in [7, 11) is 1.66. The van der Waals surface area contributed by atoms with E-state index < -0.39 is 0 Å². The van der Waals surface area contributed by atoms with E-state index in [1.807, 2.05) is 49.6 Å². The van der Waals surface area contributed by atoms with Crippen molar-refractivity contribution in [3.63, 3.8) is 0 Å². The van der Waals surface area contributed by atoms with Gasteiger partial charge in [-0.2, -0.15) is 9.61 Å². The Balaban J connectivity index is 1.65. The summed E-state index contributed by atoms with van der Waals surface area (Å²) in [5.41, 5.74) is 5.79. The number of hydrogen-bond donors (Lipinski definition) is 2. The molecule has 3 heterocycles. The highest BCUT2D eigenvalue weighted by Gasteiger charge is 2.11. The van der Waals surface area contributed by atoms with Gasteiger partial charge < -0.3 is 15.0 Å². The Morgan fingerprint density at radius 3 is 2.80 bits per heavy atom. The van der Waals surface area contributed by atoms with Crippen molar-refractivity contribution >= 4 is 22.5 Å². The molecule has 7 nitrogen and oxygen atoms in total. The predicted molar refractivity (Wildman–Crippen MR) is 97.2 cm³/mol. The van der Waals surface area contributed by atoms with Crippen molar-refractivity contribution in [1.29, 1.82) is 0 Å². The van der Waals surface area contributed by atoms with E-state index in [0.717, 1.165) is 51.0 Å². The predicted octanol–water partition coefficient (Wildman–Crippen LogP) is 3.15. The van der Waals surface area contributed by atoms with Gasteiger partial charge in [-0.15, -0.1) is 0 Å². The highest BCUT2D eigenvalue weighted by molar-refractivity contribution is 5.76. The number of aryl methyl sites for hydroxylation is 3. The molecule has 0 atom stereocenters. The second-order valence-electron chi connectivity index (χ2n) is 6.15. The van der Waals surface area contributed by atoms with E-state index in [1.54, 1.807) is 7.11 Å². The lowest BCUT2D eigenvalue weighted by molar-refractivity contribution is 0.415. The molecule has 2 N–H and O–H groups in total. The molecule has 0 aliphatic carbocycles. The summed E-state index contributed by atoms with van der Waals surface area (Å²) in [6.45, 7) is 6.59. The molecular weight excluding hydrogens is 316 g/mol. The van der Waals surface area contributed by atoms with Crippen LogP contribution in [-0.2, 0) is 6.54 Å². The average molecular weight is 336 g/mol. The summed E-state index contributed by atoms with van der Waals surface area (Å²) in [6.07, 6.45) is 0. The van der Waals surface area contributed by atoms with E-state index in [-0.39, 0.29) is 0 Å². The highest BCUT2D eigenvalue weighted by Crippen LogP contribution is 2.21. The second kappa shape index (κ2) is 5.77. The van der Waals surface area contributed by atoms with E-state index in [1.165, 1.54) is 0 Å². The Bertz CT molecular complexity index is 1080. The molecule has 0 bridgehead atoms. The molecule has 1 aromatic carbocycles. The summed E-state index contributed by atoms with van der Waals surface area (Å²) in [4.78, 5) is 12.5. The van der Waals surface area contributed by atoms with Crippen LogP contribution in [0.2, 0.25) is 0 Å². The number of fused-ring (bicyclic) bond motifs is 2. The molecule has 0 radical (unpaired) electrons. The van der Waals surface area contributed by atoms with Crippen LogP contribution in [-0.4, -0.2) is 31.7 Å². The molecule has 0 amide bonds. The number of benzene rings is 1. The van der Waals surface area contributed by atoms with Crippen LogP contribution in [0.15, 0.2) is 24.3 Å². The maximum atomic E-state index is 5.25. The molecule has 128 valence electrons. The molecule has 7 heteroatoms. The van der Waals surface area contributed by atoms with Crippen molar-refractivity contribution in [3.05, 3.63) is 47.0 Å². The number of imidazole rings is 1. The molecule has 0 fully saturated rings. The van der Waals surface area contributed by atoms with Crippen LogP contribution in [0, 0.1) is 20.8 Å². The van der Waals surface area contributed by atoms with Gasteiger partial charge in [0.15, 0.2) is 5.65 Å². The van der Waals surface area contributed by atoms with Crippen LogP contribution in [0.4, 0.5) is 5.82 Å². The Hall–Kier alpha value is -3.09. The standard InChI is InChI=1S/C18H20N6O/c1-10-7-17(24-18(20-10)11(2)12(3)23-24)19-9-16-21-14-6-5-13(25-4)8-15(14)22-16/h5-8,19H,9H2,1-4H3,(H,21,22). The first-order valence-corrected chi connectivity index (χ1v) is 8.15. The summed E-state index contributed by atoms with van der Waals surface area (Å²) < 4.78 is 7.10. The lowest BCUT2D eigenvalue weighted by atomic mass is 10.3. The smallest absolute Gasteiger partial charge is 0.160 e. The zero-order chi connectivity index (χ0) is 17.6. The highest BCUT2D eigenvalue weighted by atomic mass is 16.5. The first-order chi connectivity index (χ1) is 12.0. The number of hydrogen-bond acceptors (Lipinski definition) is 5. The lowest BCUT2D eigenvalue weighted by Gasteiger charge is -2.08. The van der Waals surface area contributed by atoms with Crippen molar-refractivity contribution in [3.8, 4) is 5.75 Å². The molecule has 25 heavy (non-hydrogen) atoms. The molecule has 4 rings (SSSR count). The quantitative estimate of drug-likeness (QED) is 0.598. The van der Waals surface area contributed by atoms with Crippen molar-refractivity contribution < 1.29 is 4.74 Å². The third-order valence-corrected chi connectivity index (χ3v) is 4.36. The summed E-state index contributed by atoms with van der Waals surface area (Å²) in [5, 5.41) is 7.99. The van der Waals surface area contributed by atoms with Crippen molar-refractivity contribution in [2.75, 3.05) is 12.4 Å². The Labute approximate surface area is 145 Å². The first-order valence-electron chi connectivity index (χ1n) is 8.15. The minimum atomic E-state index is 0.563. The van der Waals surface area contributed by atoms with Gasteiger partial charge in [-0.1, -0.05) is 0 Å². The molecule has 0 saturated carbocycles. The molecule has 3 aromatic heterocycles. The summed E-state index contributed by atoms with van der Waals surface area (Å²) in [6, 6.07) is 7.79. The van der Waals surface area contributed by atoms with Gasteiger partial charge in [0.05, 0.1) is 30.4 Å². The molecule has 0 aliphatic rings. The number of methoxy groups -OCH3 is 1. The zero-order valence-corrected chi connectivity index (χ0v) is 14.7. The molecule has 0 saturated heterocycles. The maximum absolute atomic E-state index is 5.25. The molecule has 4 aromatic rings. The van der Waals surface area contributed by atoms with E-state index >= 15 is 0 Å². The average Bonchev–Trinajstić information content (AvgIpc) is 3.14. The number of rotatable bonds is 4. The fourth-order valence-corrected chi connectivity index (χ4v) is 2.90. The summed E-state index contributed by atoms with van der Waals surface area (Å²) in [5.74, 6) is 2.56. The van der Waals surface area contributed by atoms with Crippen LogP contribution in [0.5, 0.6) is 5.75 Å². The third kappa shape index (κ3) is 2.67. The van der Waals surface area contributed by atoms with Crippen molar-refractivity contribution in [2.24, 2.45) is 0 Å². The maximum Gasteiger partial charge on any atom is 0.160 e. The third-order valence-electron chi connectivity index (χ3n) is 4.36. The van der Waals surface area contributed by atoms with E-state index in [0.29, 0.717) is 6.54 Å². The number of nitrogens with one attached hydrogen (secondary N) is 2. The van der Waals surface area contributed by atoms with Gasteiger partial charge in [-0.3, -0.25) is 0 Å². The summed E-state index contributed by atoms with van der Waals surface area (Å²) >= 11 is 0. The SMILES string of the molecule is COc1ccc2nc(CNc3cc(C)nc4c(C)c(C)nn34)[nH]c2c1. The number of ether oxygens (including phenoxy) is 1. The molecule has 0 spiro atoms. The first kappa shape index (κ1) is 15.4. The van der Waals surface area contributed by atoms with Crippen LogP contribution in [0.1, 0.15) is 22.8 Å². The minimum absolute atomic E-state index is 0.563. The fourth-order valence-electron chi connectivity index (χ4n) is 2.90. The van der Waals surface area contributed by atoms with Gasteiger partial charge in [0.25, 0.3) is 0 Å². The molecule has 0 aliphatic heterocycles. The number of aromatic amines is 1. The number of aromatic nitrogens is 5. The van der Waals surface area contributed by atoms with Gasteiger partial charge in [-0.25, -0.2) is 9.97 Å². The Morgan fingerprint density at radius 1 is 1.16 bits per heavy atom. The number of H-pyrrole nitrogens is 1. The van der Waals surface area contributed by atoms with Crippen molar-refractivity contribution in [1.82, 2.24) is 24.6 Å².